The molecule has 1 aromatic rings. The van der Waals surface area contributed by atoms with Crippen LogP contribution in [0.5, 0.6) is 0 Å². The first-order valence-electron chi connectivity index (χ1n) is 6.29. The molecule has 2 rings (SSSR count). The van der Waals surface area contributed by atoms with Crippen LogP contribution in [0, 0.1) is 12.3 Å². The van der Waals surface area contributed by atoms with Crippen LogP contribution in [0.1, 0.15) is 32.0 Å². The Labute approximate surface area is 117 Å². The van der Waals surface area contributed by atoms with E-state index in [1.54, 1.807) is 13.3 Å². The maximum Gasteiger partial charge on any atom is 0.313 e. The number of aliphatic carboxylic acids is 1. The van der Waals surface area contributed by atoms with Gasteiger partial charge in [0.2, 0.25) is 0 Å². The predicted molar refractivity (Wildman–Crippen MR) is 73.6 cm³/mol. The van der Waals surface area contributed by atoms with E-state index in [2.05, 4.69) is 23.4 Å². The molecule has 106 valence electrons. The Morgan fingerprint density at radius 2 is 2.37 bits per heavy atom. The standard InChI is InChI=1S/C13H20N2O3S/c1-8-6-14-12(19-7-11(16)17)15(8)9-5-10(18-4)13(9,2)3/h6,9-10H,5,7H2,1-4H3,(H,16,17). The third-order valence-electron chi connectivity index (χ3n) is 3.99. The van der Waals surface area contributed by atoms with Crippen molar-refractivity contribution in [3.8, 4) is 0 Å². The molecule has 0 spiro atoms. The van der Waals surface area contributed by atoms with Crippen LogP contribution in [0.15, 0.2) is 11.4 Å². The second-order valence-electron chi connectivity index (χ2n) is 5.53. The van der Waals surface area contributed by atoms with Gasteiger partial charge in [0.25, 0.3) is 0 Å². The van der Waals surface area contributed by atoms with E-state index in [1.807, 2.05) is 6.92 Å². The largest absolute Gasteiger partial charge is 0.481 e. The van der Waals surface area contributed by atoms with Crippen molar-refractivity contribution in [3.63, 3.8) is 0 Å². The molecule has 1 aliphatic rings. The number of rotatable bonds is 5. The van der Waals surface area contributed by atoms with Gasteiger partial charge in [-0.1, -0.05) is 25.6 Å². The zero-order valence-electron chi connectivity index (χ0n) is 11.7. The first-order chi connectivity index (χ1) is 8.87. The number of methoxy groups -OCH3 is 1. The third-order valence-corrected chi connectivity index (χ3v) is 4.95. The SMILES string of the molecule is COC1CC(n2c(C)cnc2SCC(=O)O)C1(C)C. The summed E-state index contributed by atoms with van der Waals surface area (Å²) in [5, 5.41) is 9.57. The first-order valence-corrected chi connectivity index (χ1v) is 7.27. The summed E-state index contributed by atoms with van der Waals surface area (Å²) in [5.41, 5.74) is 1.11. The lowest BCUT2D eigenvalue weighted by atomic mass is 9.64. The third kappa shape index (κ3) is 2.51. The van der Waals surface area contributed by atoms with Crippen LogP contribution in [0.4, 0.5) is 0 Å². The molecule has 1 saturated carbocycles. The maximum atomic E-state index is 10.7. The molecule has 0 aliphatic heterocycles. The van der Waals surface area contributed by atoms with Crippen molar-refractivity contribution >= 4 is 17.7 Å². The van der Waals surface area contributed by atoms with Crippen molar-refractivity contribution in [2.45, 2.75) is 44.5 Å². The van der Waals surface area contributed by atoms with Gasteiger partial charge in [0, 0.05) is 30.5 Å². The van der Waals surface area contributed by atoms with Crippen LogP contribution >= 0.6 is 11.8 Å². The highest BCUT2D eigenvalue weighted by Crippen LogP contribution is 2.52. The number of carbonyl (C=O) groups is 1. The quantitative estimate of drug-likeness (QED) is 0.841. The van der Waals surface area contributed by atoms with Gasteiger partial charge < -0.3 is 14.4 Å². The van der Waals surface area contributed by atoms with Crippen LogP contribution in [0.3, 0.4) is 0 Å². The number of carboxylic acids is 1. The fourth-order valence-corrected chi connectivity index (χ4v) is 3.53. The minimum atomic E-state index is -0.820. The summed E-state index contributed by atoms with van der Waals surface area (Å²) in [6, 6.07) is 0.316. The number of aryl methyl sites for hydroxylation is 1. The lowest BCUT2D eigenvalue weighted by Gasteiger charge is -2.52. The fraction of sp³-hybridized carbons (Fsp3) is 0.692. The molecule has 6 heteroatoms. The molecule has 1 aromatic heterocycles. The number of imidazole rings is 1. The van der Waals surface area contributed by atoms with Gasteiger partial charge >= 0.3 is 5.97 Å². The molecular weight excluding hydrogens is 264 g/mol. The van der Waals surface area contributed by atoms with E-state index in [4.69, 9.17) is 9.84 Å². The highest BCUT2D eigenvalue weighted by Gasteiger charge is 2.50. The van der Waals surface area contributed by atoms with E-state index in [-0.39, 0.29) is 17.3 Å². The van der Waals surface area contributed by atoms with Crippen molar-refractivity contribution in [1.82, 2.24) is 9.55 Å². The maximum absolute atomic E-state index is 10.7. The Hall–Kier alpha value is -1.01. The van der Waals surface area contributed by atoms with Crippen LogP contribution < -0.4 is 0 Å². The molecule has 0 radical (unpaired) electrons. The average Bonchev–Trinajstić information content (AvgIpc) is 2.68. The molecule has 2 unspecified atom stereocenters. The summed E-state index contributed by atoms with van der Waals surface area (Å²) in [7, 11) is 1.74. The number of hydrogen-bond acceptors (Lipinski definition) is 4. The smallest absolute Gasteiger partial charge is 0.313 e. The van der Waals surface area contributed by atoms with Crippen molar-refractivity contribution in [1.29, 1.82) is 0 Å². The first kappa shape index (κ1) is 14.4. The molecule has 1 N–H and O–H groups in total. The van der Waals surface area contributed by atoms with Gasteiger partial charge in [-0.3, -0.25) is 4.79 Å². The highest BCUT2D eigenvalue weighted by molar-refractivity contribution is 7.99. The highest BCUT2D eigenvalue weighted by atomic mass is 32.2. The summed E-state index contributed by atoms with van der Waals surface area (Å²) in [6.07, 6.45) is 3.00. The van der Waals surface area contributed by atoms with Gasteiger partial charge in [0.1, 0.15) is 0 Å². The Balaban J connectivity index is 2.21. The second kappa shape index (κ2) is 5.17. The second-order valence-corrected chi connectivity index (χ2v) is 6.47. The molecule has 19 heavy (non-hydrogen) atoms. The molecule has 0 aromatic carbocycles. The van der Waals surface area contributed by atoms with Gasteiger partial charge in [0.15, 0.2) is 5.16 Å². The molecular formula is C13H20N2O3S. The monoisotopic (exact) mass is 284 g/mol. The molecule has 0 bridgehead atoms. The van der Waals surface area contributed by atoms with E-state index in [0.717, 1.165) is 17.3 Å². The number of aromatic nitrogens is 2. The lowest BCUT2D eigenvalue weighted by Crippen LogP contribution is -2.51. The van der Waals surface area contributed by atoms with Gasteiger partial charge in [-0.25, -0.2) is 4.98 Å². The Morgan fingerprint density at radius 1 is 1.68 bits per heavy atom. The zero-order chi connectivity index (χ0) is 14.2. The Kier molecular flexibility index (Phi) is 3.92. The van der Waals surface area contributed by atoms with Crippen molar-refractivity contribution < 1.29 is 14.6 Å². The number of thioether (sulfide) groups is 1. The number of hydrogen-bond donors (Lipinski definition) is 1. The molecule has 2 atom stereocenters. The van der Waals surface area contributed by atoms with Crippen LogP contribution in [0.25, 0.3) is 0 Å². The number of ether oxygens (including phenoxy) is 1. The predicted octanol–water partition coefficient (Wildman–Crippen LogP) is 2.35. The van der Waals surface area contributed by atoms with Gasteiger partial charge in [0.05, 0.1) is 11.9 Å². The average molecular weight is 284 g/mol. The Morgan fingerprint density at radius 3 is 2.89 bits per heavy atom. The summed E-state index contributed by atoms with van der Waals surface area (Å²) < 4.78 is 7.63. The minimum Gasteiger partial charge on any atom is -0.481 e. The van der Waals surface area contributed by atoms with Crippen molar-refractivity contribution in [3.05, 3.63) is 11.9 Å². The molecule has 0 amide bonds. The topological polar surface area (TPSA) is 64.4 Å². The van der Waals surface area contributed by atoms with E-state index in [9.17, 15) is 4.79 Å². The van der Waals surface area contributed by atoms with E-state index >= 15 is 0 Å². The van der Waals surface area contributed by atoms with Crippen LogP contribution in [0.2, 0.25) is 0 Å². The molecule has 1 heterocycles. The summed E-state index contributed by atoms with van der Waals surface area (Å²) >= 11 is 1.27. The molecule has 1 aliphatic carbocycles. The Bertz CT molecular complexity index is 484. The van der Waals surface area contributed by atoms with Crippen LogP contribution in [-0.4, -0.2) is 39.6 Å². The summed E-state index contributed by atoms with van der Waals surface area (Å²) in [5.74, 6) is -0.781. The summed E-state index contributed by atoms with van der Waals surface area (Å²) in [4.78, 5) is 15.0. The summed E-state index contributed by atoms with van der Waals surface area (Å²) in [6.45, 7) is 6.37. The molecule has 1 fully saturated rings. The van der Waals surface area contributed by atoms with Crippen LogP contribution in [-0.2, 0) is 9.53 Å². The van der Waals surface area contributed by atoms with Gasteiger partial charge in [-0.2, -0.15) is 0 Å². The minimum absolute atomic E-state index is 0.0390. The number of nitrogens with zero attached hydrogens (tertiary/aromatic N) is 2. The normalized spacial score (nSPS) is 25.1. The fourth-order valence-electron chi connectivity index (χ4n) is 2.74. The van der Waals surface area contributed by atoms with Crippen molar-refractivity contribution in [2.24, 2.45) is 5.41 Å². The van der Waals surface area contributed by atoms with Gasteiger partial charge in [-0.15, -0.1) is 0 Å². The lowest BCUT2D eigenvalue weighted by molar-refractivity contribution is -0.133. The van der Waals surface area contributed by atoms with E-state index < -0.39 is 5.97 Å². The number of carboxylic acid groups (broad SMARTS) is 1. The van der Waals surface area contributed by atoms with E-state index in [1.165, 1.54) is 11.8 Å². The van der Waals surface area contributed by atoms with Gasteiger partial charge in [-0.05, 0) is 13.3 Å². The molecule has 0 saturated heterocycles. The van der Waals surface area contributed by atoms with E-state index in [0.29, 0.717) is 6.04 Å². The molecule has 5 nitrogen and oxygen atoms in total. The van der Waals surface area contributed by atoms with Crippen molar-refractivity contribution in [2.75, 3.05) is 12.9 Å². The zero-order valence-corrected chi connectivity index (χ0v) is 12.5.